The highest BCUT2D eigenvalue weighted by molar-refractivity contribution is 5.97. The Balaban J connectivity index is 2.69. The molecule has 0 aromatic heterocycles. The van der Waals surface area contributed by atoms with Crippen LogP contribution in [0.3, 0.4) is 0 Å². The minimum atomic E-state index is -4.62. The lowest BCUT2D eigenvalue weighted by molar-refractivity contribution is -0.148. The number of hydrogen-bond acceptors (Lipinski definition) is 3. The van der Waals surface area contributed by atoms with Gasteiger partial charge in [0.2, 0.25) is 11.8 Å². The van der Waals surface area contributed by atoms with Gasteiger partial charge in [0.15, 0.2) is 0 Å². The molecule has 2 N–H and O–H groups in total. The largest absolute Gasteiger partial charge is 0.480 e. The minimum absolute atomic E-state index is 0.224. The molecule has 0 saturated heterocycles. The molecule has 0 bridgehead atoms. The van der Waals surface area contributed by atoms with Crippen LogP contribution in [0.2, 0.25) is 0 Å². The van der Waals surface area contributed by atoms with Crippen molar-refractivity contribution in [3.05, 3.63) is 35.6 Å². The van der Waals surface area contributed by atoms with Gasteiger partial charge in [-0.1, -0.05) is 12.1 Å². The fourth-order valence-electron chi connectivity index (χ4n) is 1.72. The number of halogens is 4. The molecule has 0 saturated carbocycles. The molecule has 0 fully saturated rings. The summed E-state index contributed by atoms with van der Waals surface area (Å²) in [5.41, 5.74) is 0.404. The van der Waals surface area contributed by atoms with E-state index in [2.05, 4.69) is 0 Å². The van der Waals surface area contributed by atoms with Crippen molar-refractivity contribution < 1.29 is 37.1 Å². The Bertz CT molecular complexity index is 602. The Morgan fingerprint density at radius 1 is 1.12 bits per heavy atom. The molecule has 0 aliphatic heterocycles. The zero-order valence-electron chi connectivity index (χ0n) is 12.3. The van der Waals surface area contributed by atoms with Gasteiger partial charge in [-0.15, -0.1) is 0 Å². The van der Waals surface area contributed by atoms with Crippen LogP contribution in [0.15, 0.2) is 24.3 Å². The van der Waals surface area contributed by atoms with Gasteiger partial charge in [-0.3, -0.25) is 14.4 Å². The molecule has 1 aromatic rings. The molecule has 0 atom stereocenters. The van der Waals surface area contributed by atoms with Gasteiger partial charge in [0.1, 0.15) is 25.3 Å². The first-order chi connectivity index (χ1) is 11.1. The third-order valence-corrected chi connectivity index (χ3v) is 2.76. The molecule has 0 radical (unpaired) electrons. The minimum Gasteiger partial charge on any atom is -0.480 e. The lowest BCUT2D eigenvalue weighted by Gasteiger charge is -2.21. The smallest absolute Gasteiger partial charge is 0.405 e. The number of rotatable bonds is 7. The van der Waals surface area contributed by atoms with Gasteiger partial charge < -0.3 is 15.3 Å². The third-order valence-electron chi connectivity index (χ3n) is 2.76. The van der Waals surface area contributed by atoms with E-state index in [4.69, 9.17) is 5.11 Å². The summed E-state index contributed by atoms with van der Waals surface area (Å²) in [6.45, 7) is -2.56. The van der Waals surface area contributed by atoms with E-state index in [1.165, 1.54) is 17.4 Å². The number of hydrogen-bond donors (Lipinski definition) is 2. The van der Waals surface area contributed by atoms with Gasteiger partial charge in [-0.2, -0.15) is 13.2 Å². The fourth-order valence-corrected chi connectivity index (χ4v) is 1.72. The van der Waals surface area contributed by atoms with E-state index in [0.29, 0.717) is 5.56 Å². The average Bonchev–Trinajstić information content (AvgIpc) is 2.45. The number of alkyl halides is 3. The number of carboxylic acids is 1. The number of carboxylic acid groups (broad SMARTS) is 1. The van der Waals surface area contributed by atoms with Crippen LogP contribution in [0.25, 0.3) is 0 Å². The van der Waals surface area contributed by atoms with Crippen molar-refractivity contribution in [1.29, 1.82) is 0 Å². The number of amides is 2. The van der Waals surface area contributed by atoms with E-state index in [1.807, 2.05) is 0 Å². The Kier molecular flexibility index (Phi) is 6.69. The van der Waals surface area contributed by atoms with Crippen LogP contribution in [-0.4, -0.2) is 47.1 Å². The highest BCUT2D eigenvalue weighted by atomic mass is 19.4. The van der Waals surface area contributed by atoms with Gasteiger partial charge in [0, 0.05) is 6.54 Å². The maximum Gasteiger partial charge on any atom is 0.405 e. The second-order valence-electron chi connectivity index (χ2n) is 4.84. The molecule has 10 heteroatoms. The predicted octanol–water partition coefficient (Wildman–Crippen LogP) is 1.31. The first-order valence-electron chi connectivity index (χ1n) is 6.64. The number of carbonyl (C=O) groups is 3. The van der Waals surface area contributed by atoms with Crippen molar-refractivity contribution >= 4 is 17.8 Å². The van der Waals surface area contributed by atoms with Crippen molar-refractivity contribution in [3.8, 4) is 0 Å². The normalized spacial score (nSPS) is 11.0. The molecular weight excluding hydrogens is 336 g/mol. The Morgan fingerprint density at radius 3 is 2.21 bits per heavy atom. The molecule has 24 heavy (non-hydrogen) atoms. The van der Waals surface area contributed by atoms with Gasteiger partial charge >= 0.3 is 12.1 Å². The molecule has 1 rings (SSSR count). The van der Waals surface area contributed by atoms with E-state index in [-0.39, 0.29) is 6.54 Å². The number of aliphatic carboxylic acids is 1. The van der Waals surface area contributed by atoms with E-state index >= 15 is 0 Å². The molecule has 6 nitrogen and oxygen atoms in total. The molecule has 132 valence electrons. The fraction of sp³-hybridized carbons (Fsp3) is 0.357. The lowest BCUT2D eigenvalue weighted by atomic mass is 10.2. The summed E-state index contributed by atoms with van der Waals surface area (Å²) in [7, 11) is 0. The number of carbonyl (C=O) groups excluding carboxylic acids is 2. The number of nitrogens with one attached hydrogen (secondary N) is 1. The second kappa shape index (κ2) is 8.27. The SMILES string of the molecule is O=C(O)CN(Cc1ccc(F)cc1)C(=O)CC(=O)NCC(F)(F)F. The second-order valence-corrected chi connectivity index (χ2v) is 4.84. The Labute approximate surface area is 134 Å². The highest BCUT2D eigenvalue weighted by Crippen LogP contribution is 2.12. The van der Waals surface area contributed by atoms with Gasteiger partial charge in [-0.25, -0.2) is 4.39 Å². The highest BCUT2D eigenvalue weighted by Gasteiger charge is 2.28. The summed E-state index contributed by atoms with van der Waals surface area (Å²) in [5.74, 6) is -4.02. The van der Waals surface area contributed by atoms with Crippen molar-refractivity contribution in [1.82, 2.24) is 10.2 Å². The molecular formula is C14H14F4N2O4. The van der Waals surface area contributed by atoms with Crippen LogP contribution in [0, 0.1) is 5.82 Å². The Hall–Kier alpha value is -2.65. The predicted molar refractivity (Wildman–Crippen MR) is 73.1 cm³/mol. The monoisotopic (exact) mass is 350 g/mol. The summed E-state index contributed by atoms with van der Waals surface area (Å²) in [6, 6.07) is 4.85. The van der Waals surface area contributed by atoms with E-state index in [1.54, 1.807) is 0 Å². The quantitative estimate of drug-likeness (QED) is 0.573. The van der Waals surface area contributed by atoms with Crippen LogP contribution in [0.1, 0.15) is 12.0 Å². The van der Waals surface area contributed by atoms with Crippen LogP contribution in [-0.2, 0) is 20.9 Å². The van der Waals surface area contributed by atoms with Gasteiger partial charge in [0.25, 0.3) is 0 Å². The third kappa shape index (κ3) is 7.56. The molecule has 0 aliphatic rings. The van der Waals surface area contributed by atoms with E-state index < -0.39 is 49.3 Å². The summed E-state index contributed by atoms with van der Waals surface area (Å²) < 4.78 is 48.8. The molecule has 2 amide bonds. The van der Waals surface area contributed by atoms with E-state index in [0.717, 1.165) is 17.0 Å². The first-order valence-corrected chi connectivity index (χ1v) is 6.64. The van der Waals surface area contributed by atoms with Crippen molar-refractivity contribution in [2.45, 2.75) is 19.1 Å². The lowest BCUT2D eigenvalue weighted by Crippen LogP contribution is -2.40. The molecule has 0 spiro atoms. The first kappa shape index (κ1) is 19.4. The van der Waals surface area contributed by atoms with Crippen molar-refractivity contribution in [3.63, 3.8) is 0 Å². The van der Waals surface area contributed by atoms with Crippen molar-refractivity contribution in [2.24, 2.45) is 0 Å². The maximum absolute atomic E-state index is 12.8. The number of benzene rings is 1. The Morgan fingerprint density at radius 2 is 1.71 bits per heavy atom. The zero-order chi connectivity index (χ0) is 18.3. The van der Waals surface area contributed by atoms with Crippen LogP contribution in [0.5, 0.6) is 0 Å². The molecule has 0 aliphatic carbocycles. The topological polar surface area (TPSA) is 86.7 Å². The zero-order valence-corrected chi connectivity index (χ0v) is 12.3. The average molecular weight is 350 g/mol. The summed E-state index contributed by atoms with van der Waals surface area (Å²) in [4.78, 5) is 34.8. The van der Waals surface area contributed by atoms with Crippen LogP contribution >= 0.6 is 0 Å². The van der Waals surface area contributed by atoms with E-state index in [9.17, 15) is 31.9 Å². The van der Waals surface area contributed by atoms with Crippen LogP contribution < -0.4 is 5.32 Å². The molecule has 1 aromatic carbocycles. The summed E-state index contributed by atoms with van der Waals surface area (Å²) in [5, 5.41) is 10.3. The standard InChI is InChI=1S/C14H14F4N2O4/c15-10-3-1-9(2-4-10)6-20(7-13(23)24)12(22)5-11(21)19-8-14(16,17)18/h1-4H,5-8H2,(H,19,21)(H,23,24). The van der Waals surface area contributed by atoms with Crippen molar-refractivity contribution in [2.75, 3.05) is 13.1 Å². The summed E-state index contributed by atoms with van der Waals surface area (Å²) >= 11 is 0. The molecule has 0 unspecified atom stereocenters. The van der Waals surface area contributed by atoms with Gasteiger partial charge in [-0.05, 0) is 17.7 Å². The molecule has 0 heterocycles. The van der Waals surface area contributed by atoms with Gasteiger partial charge in [0.05, 0.1) is 0 Å². The van der Waals surface area contributed by atoms with Crippen LogP contribution in [0.4, 0.5) is 17.6 Å². The maximum atomic E-state index is 12.8. The summed E-state index contributed by atoms with van der Waals surface area (Å²) in [6.07, 6.45) is -5.54. The number of nitrogens with zero attached hydrogens (tertiary/aromatic N) is 1.